The van der Waals surface area contributed by atoms with Crippen molar-refractivity contribution in [2.75, 3.05) is 18.1 Å². The van der Waals surface area contributed by atoms with Gasteiger partial charge in [0.2, 0.25) is 5.91 Å². The van der Waals surface area contributed by atoms with Crippen molar-refractivity contribution in [2.24, 2.45) is 0 Å². The zero-order chi connectivity index (χ0) is 34.3. The number of halogens is 4. The fourth-order valence-electron chi connectivity index (χ4n) is 7.25. The number of carbonyl (C=O) groups excluding carboxylic acids is 3. The molecule has 1 saturated carbocycles. The van der Waals surface area contributed by atoms with Crippen LogP contribution in [0.5, 0.6) is 0 Å². The molecular formula is C38H33ClF3N3O4. The number of fused-ring (bicyclic) bond motifs is 3. The standard InChI is InChI=1S/C38H33ClF3N3O4/c39-32-16-6-5-15-30(32)34(35(46)43-24-20-38(41,42)21-24)45(25-10-7-9-23(40)19-25)36(47)33-17-8-18-44(33)37(48)49-22-31-28-13-3-1-11-26(28)27-12-2-4-14-29(27)31/h1-7,9-16,19,24,31,33-34H,8,17-18,20-22H2,(H,43,46)/t33?,34-/m0/s1. The van der Waals surface area contributed by atoms with Crippen molar-refractivity contribution in [2.45, 2.75) is 55.6 Å². The molecule has 49 heavy (non-hydrogen) atoms. The van der Waals surface area contributed by atoms with Crippen LogP contribution in [0, 0.1) is 5.82 Å². The molecule has 1 unspecified atom stereocenters. The third-order valence-corrected chi connectivity index (χ3v) is 9.92. The summed E-state index contributed by atoms with van der Waals surface area (Å²) in [6.07, 6.45) is -1.02. The Balaban J connectivity index is 1.18. The van der Waals surface area contributed by atoms with Gasteiger partial charge in [0.15, 0.2) is 0 Å². The molecule has 2 aliphatic carbocycles. The first-order chi connectivity index (χ1) is 23.6. The van der Waals surface area contributed by atoms with Crippen molar-refractivity contribution in [3.8, 4) is 11.1 Å². The third kappa shape index (κ3) is 6.37. The molecule has 7 nitrogen and oxygen atoms in total. The maximum atomic E-state index is 14.7. The average molecular weight is 688 g/mol. The summed E-state index contributed by atoms with van der Waals surface area (Å²) in [4.78, 5) is 44.9. The number of rotatable bonds is 8. The second-order valence-corrected chi connectivity index (χ2v) is 13.1. The highest BCUT2D eigenvalue weighted by Crippen LogP contribution is 2.45. The van der Waals surface area contributed by atoms with E-state index in [4.69, 9.17) is 16.3 Å². The number of likely N-dealkylation sites (tertiary alicyclic amines) is 1. The lowest BCUT2D eigenvalue weighted by atomic mass is 9.87. The number of ether oxygens (including phenoxy) is 1. The molecule has 11 heteroatoms. The van der Waals surface area contributed by atoms with Gasteiger partial charge in [-0.25, -0.2) is 18.0 Å². The van der Waals surface area contributed by atoms with Crippen molar-refractivity contribution in [1.82, 2.24) is 10.2 Å². The quantitative estimate of drug-likeness (QED) is 0.205. The summed E-state index contributed by atoms with van der Waals surface area (Å²) < 4.78 is 48.1. The van der Waals surface area contributed by atoms with Crippen LogP contribution in [0.4, 0.5) is 23.7 Å². The lowest BCUT2D eigenvalue weighted by molar-refractivity contribution is -0.133. The van der Waals surface area contributed by atoms with Crippen molar-refractivity contribution in [3.63, 3.8) is 0 Å². The van der Waals surface area contributed by atoms with E-state index in [0.717, 1.165) is 33.2 Å². The van der Waals surface area contributed by atoms with Gasteiger partial charge in [-0.1, -0.05) is 84.4 Å². The van der Waals surface area contributed by atoms with E-state index >= 15 is 0 Å². The van der Waals surface area contributed by atoms with Gasteiger partial charge in [0, 0.05) is 47.6 Å². The van der Waals surface area contributed by atoms with Gasteiger partial charge in [-0.3, -0.25) is 19.4 Å². The van der Waals surface area contributed by atoms with Crippen molar-refractivity contribution >= 4 is 35.2 Å². The molecule has 2 atom stereocenters. The maximum Gasteiger partial charge on any atom is 0.410 e. The Bertz CT molecular complexity index is 1870. The predicted molar refractivity (Wildman–Crippen MR) is 179 cm³/mol. The van der Waals surface area contributed by atoms with Crippen molar-refractivity contribution < 1.29 is 32.3 Å². The highest BCUT2D eigenvalue weighted by molar-refractivity contribution is 6.31. The van der Waals surface area contributed by atoms with Gasteiger partial charge in [0.25, 0.3) is 11.8 Å². The first kappa shape index (κ1) is 32.7. The third-order valence-electron chi connectivity index (χ3n) is 9.58. The van der Waals surface area contributed by atoms with Crippen LogP contribution in [0.3, 0.4) is 0 Å². The lowest BCUT2D eigenvalue weighted by Crippen LogP contribution is -2.56. The van der Waals surface area contributed by atoms with Gasteiger partial charge in [-0.15, -0.1) is 0 Å². The molecule has 1 N–H and O–H groups in total. The van der Waals surface area contributed by atoms with Crippen molar-refractivity contribution in [1.29, 1.82) is 0 Å². The zero-order valence-electron chi connectivity index (χ0n) is 26.3. The number of benzene rings is 4. The number of alkyl halides is 2. The van der Waals surface area contributed by atoms with Crippen LogP contribution in [0.2, 0.25) is 5.02 Å². The zero-order valence-corrected chi connectivity index (χ0v) is 27.1. The first-order valence-electron chi connectivity index (χ1n) is 16.2. The van der Waals surface area contributed by atoms with Crippen molar-refractivity contribution in [3.05, 3.63) is 125 Å². The minimum atomic E-state index is -2.90. The molecule has 1 aliphatic heterocycles. The number of carbonyl (C=O) groups is 3. The fourth-order valence-corrected chi connectivity index (χ4v) is 7.49. The Morgan fingerprint density at radius 1 is 0.918 bits per heavy atom. The smallest absolute Gasteiger partial charge is 0.410 e. The van der Waals surface area contributed by atoms with E-state index in [1.54, 1.807) is 24.3 Å². The molecule has 0 radical (unpaired) electrons. The molecule has 1 saturated heterocycles. The summed E-state index contributed by atoms with van der Waals surface area (Å²) in [5.74, 6) is -5.16. The molecule has 1 heterocycles. The number of nitrogens with zero attached hydrogens (tertiary/aromatic N) is 2. The summed E-state index contributed by atoms with van der Waals surface area (Å²) in [6, 6.07) is 24.1. The van der Waals surface area contributed by atoms with Gasteiger partial charge in [-0.05, 0) is 59.4 Å². The van der Waals surface area contributed by atoms with E-state index in [0.29, 0.717) is 6.42 Å². The van der Waals surface area contributed by atoms with Crippen LogP contribution >= 0.6 is 11.6 Å². The molecule has 4 aromatic carbocycles. The molecule has 4 aromatic rings. The Morgan fingerprint density at radius 2 is 1.57 bits per heavy atom. The van der Waals surface area contributed by atoms with E-state index in [2.05, 4.69) is 5.32 Å². The number of amides is 3. The second kappa shape index (κ2) is 13.2. The van der Waals surface area contributed by atoms with Crippen LogP contribution in [0.1, 0.15) is 54.3 Å². The first-order valence-corrected chi connectivity index (χ1v) is 16.6. The molecule has 3 aliphatic rings. The van der Waals surface area contributed by atoms with Crippen LogP contribution < -0.4 is 10.2 Å². The fraction of sp³-hybridized carbons (Fsp3) is 0.289. The number of hydrogen-bond acceptors (Lipinski definition) is 4. The van der Waals surface area contributed by atoms with Gasteiger partial charge < -0.3 is 10.1 Å². The Labute approximate surface area is 286 Å². The molecule has 7 rings (SSSR count). The molecule has 0 aromatic heterocycles. The van der Waals surface area contributed by atoms with E-state index in [-0.39, 0.29) is 41.8 Å². The topological polar surface area (TPSA) is 79.0 Å². The molecule has 252 valence electrons. The van der Waals surface area contributed by atoms with Crippen LogP contribution in [-0.2, 0) is 14.3 Å². The van der Waals surface area contributed by atoms with E-state index in [1.165, 1.54) is 23.1 Å². The highest BCUT2D eigenvalue weighted by Gasteiger charge is 2.48. The minimum absolute atomic E-state index is 0.0448. The summed E-state index contributed by atoms with van der Waals surface area (Å²) in [5.41, 5.74) is 4.50. The van der Waals surface area contributed by atoms with Crippen LogP contribution in [-0.4, -0.2) is 54.0 Å². The second-order valence-electron chi connectivity index (χ2n) is 12.7. The Kier molecular flexibility index (Phi) is 8.83. The number of hydrogen-bond donors (Lipinski definition) is 1. The van der Waals surface area contributed by atoms with Gasteiger partial charge in [0.1, 0.15) is 24.5 Å². The molecule has 2 fully saturated rings. The number of anilines is 1. The highest BCUT2D eigenvalue weighted by atomic mass is 35.5. The predicted octanol–water partition coefficient (Wildman–Crippen LogP) is 7.88. The van der Waals surface area contributed by atoms with Gasteiger partial charge in [-0.2, -0.15) is 0 Å². The number of nitrogens with one attached hydrogen (secondary N) is 1. The van der Waals surface area contributed by atoms with Gasteiger partial charge in [0.05, 0.1) is 0 Å². The minimum Gasteiger partial charge on any atom is -0.448 e. The summed E-state index contributed by atoms with van der Waals surface area (Å²) in [7, 11) is 0. The summed E-state index contributed by atoms with van der Waals surface area (Å²) in [6.45, 7) is 0.277. The lowest BCUT2D eigenvalue weighted by Gasteiger charge is -2.39. The van der Waals surface area contributed by atoms with Crippen LogP contribution in [0.25, 0.3) is 11.1 Å². The monoisotopic (exact) mass is 687 g/mol. The Morgan fingerprint density at radius 3 is 2.22 bits per heavy atom. The van der Waals surface area contributed by atoms with E-state index in [1.807, 2.05) is 48.5 Å². The van der Waals surface area contributed by atoms with E-state index in [9.17, 15) is 27.6 Å². The summed E-state index contributed by atoms with van der Waals surface area (Å²) >= 11 is 6.58. The SMILES string of the molecule is O=C(NC1CC(F)(F)C1)[C@H](c1ccccc1Cl)N(C(=O)C1CCCN1C(=O)OCC1c2ccccc2-c2ccccc21)c1cccc(F)c1. The summed E-state index contributed by atoms with van der Waals surface area (Å²) in [5, 5.41) is 2.79. The maximum absolute atomic E-state index is 14.7. The molecular weight excluding hydrogens is 655 g/mol. The average Bonchev–Trinajstić information content (AvgIpc) is 3.69. The molecule has 0 spiro atoms. The Hall–Kier alpha value is -4.83. The largest absolute Gasteiger partial charge is 0.448 e. The normalized spacial score (nSPS) is 18.6. The van der Waals surface area contributed by atoms with Gasteiger partial charge >= 0.3 is 6.09 Å². The molecule has 0 bridgehead atoms. The van der Waals surface area contributed by atoms with E-state index < -0.39 is 60.6 Å². The van der Waals surface area contributed by atoms with Crippen LogP contribution in [0.15, 0.2) is 97.1 Å². The molecule has 3 amide bonds.